The Labute approximate surface area is 73.0 Å². The van der Waals surface area contributed by atoms with Gasteiger partial charge in [-0.15, -0.1) is 0 Å². The first-order valence-electron chi connectivity index (χ1n) is 3.96. The topological polar surface area (TPSA) is 40.5 Å². The minimum absolute atomic E-state index is 0.565. The molecule has 0 aliphatic carbocycles. The van der Waals surface area contributed by atoms with Crippen molar-refractivity contribution in [2.75, 3.05) is 0 Å². The van der Waals surface area contributed by atoms with Gasteiger partial charge in [-0.25, -0.2) is 0 Å². The Kier molecular flexibility index (Phi) is 2.55. The number of aryl methyl sites for hydroxylation is 2. The van der Waals surface area contributed by atoms with Crippen LogP contribution < -0.4 is 5.46 Å². The molecule has 0 fully saturated rings. The van der Waals surface area contributed by atoms with Crippen molar-refractivity contribution >= 4 is 12.6 Å². The summed E-state index contributed by atoms with van der Waals surface area (Å²) < 4.78 is 0. The van der Waals surface area contributed by atoms with E-state index >= 15 is 0 Å². The zero-order valence-corrected chi connectivity index (χ0v) is 7.63. The van der Waals surface area contributed by atoms with Crippen LogP contribution in [0.2, 0.25) is 0 Å². The van der Waals surface area contributed by atoms with E-state index < -0.39 is 7.12 Å². The van der Waals surface area contributed by atoms with E-state index in [2.05, 4.69) is 0 Å². The summed E-state index contributed by atoms with van der Waals surface area (Å²) in [6.07, 6.45) is 0. The molecule has 3 heteroatoms. The maximum atomic E-state index is 8.92. The van der Waals surface area contributed by atoms with E-state index in [-0.39, 0.29) is 0 Å². The largest absolute Gasteiger partial charge is 0.488 e. The van der Waals surface area contributed by atoms with Crippen LogP contribution in [0.3, 0.4) is 0 Å². The third-order valence-electron chi connectivity index (χ3n) is 2.25. The van der Waals surface area contributed by atoms with Gasteiger partial charge in [0.25, 0.3) is 0 Å². The average Bonchev–Trinajstić information content (AvgIpc) is 1.99. The lowest BCUT2D eigenvalue weighted by molar-refractivity contribution is 0.425. The van der Waals surface area contributed by atoms with Crippen LogP contribution >= 0.6 is 0 Å². The van der Waals surface area contributed by atoms with Crippen LogP contribution in [0.5, 0.6) is 0 Å². The molecule has 0 aliphatic rings. The van der Waals surface area contributed by atoms with Crippen molar-refractivity contribution in [1.82, 2.24) is 0 Å². The van der Waals surface area contributed by atoms with E-state index in [1.165, 1.54) is 5.56 Å². The van der Waals surface area contributed by atoms with Crippen LogP contribution in [0, 0.1) is 20.8 Å². The third-order valence-corrected chi connectivity index (χ3v) is 2.25. The maximum absolute atomic E-state index is 8.92. The van der Waals surface area contributed by atoms with E-state index in [1.807, 2.05) is 20.8 Å². The van der Waals surface area contributed by atoms with Crippen LogP contribution in [-0.2, 0) is 0 Å². The highest BCUT2D eigenvalue weighted by Crippen LogP contribution is 2.09. The Morgan fingerprint density at radius 2 is 1.42 bits per heavy atom. The normalized spacial score (nSPS) is 10.1. The van der Waals surface area contributed by atoms with Crippen molar-refractivity contribution in [3.8, 4) is 0 Å². The first-order chi connectivity index (χ1) is 5.52. The second kappa shape index (κ2) is 3.29. The Balaban J connectivity index is 3.21. The van der Waals surface area contributed by atoms with Crippen molar-refractivity contribution in [3.05, 3.63) is 28.8 Å². The summed E-state index contributed by atoms with van der Waals surface area (Å²) in [4.78, 5) is 0. The van der Waals surface area contributed by atoms with Crippen LogP contribution in [0.25, 0.3) is 0 Å². The Morgan fingerprint density at radius 3 is 1.75 bits per heavy atom. The molecule has 1 aromatic carbocycles. The summed E-state index contributed by atoms with van der Waals surface area (Å²) in [5.41, 5.74) is 3.96. The van der Waals surface area contributed by atoms with Crippen molar-refractivity contribution < 1.29 is 10.0 Å². The minimum atomic E-state index is -1.36. The van der Waals surface area contributed by atoms with Crippen LogP contribution in [-0.4, -0.2) is 17.2 Å². The van der Waals surface area contributed by atoms with E-state index in [0.29, 0.717) is 5.46 Å². The molecule has 0 heterocycles. The minimum Gasteiger partial charge on any atom is -0.423 e. The second-order valence-corrected chi connectivity index (χ2v) is 3.15. The predicted molar refractivity (Wildman–Crippen MR) is 50.5 cm³/mol. The van der Waals surface area contributed by atoms with Gasteiger partial charge in [0.15, 0.2) is 0 Å². The first-order valence-corrected chi connectivity index (χ1v) is 3.96. The molecule has 0 bridgehead atoms. The molecule has 2 nitrogen and oxygen atoms in total. The standard InChI is InChI=1S/C9H13BO2/c1-6-4-9(10(11)12)5-7(2)8(6)3/h4-5,11-12H,1-3H3. The molecule has 0 aromatic heterocycles. The van der Waals surface area contributed by atoms with Gasteiger partial charge in [0.1, 0.15) is 0 Å². The van der Waals surface area contributed by atoms with Gasteiger partial charge in [0.05, 0.1) is 0 Å². The Bertz CT molecular complexity index is 272. The molecular formula is C9H13BO2. The van der Waals surface area contributed by atoms with Gasteiger partial charge in [0, 0.05) is 0 Å². The van der Waals surface area contributed by atoms with Gasteiger partial charge in [-0.2, -0.15) is 0 Å². The highest BCUT2D eigenvalue weighted by molar-refractivity contribution is 6.58. The molecule has 12 heavy (non-hydrogen) atoms. The van der Waals surface area contributed by atoms with Gasteiger partial charge < -0.3 is 10.0 Å². The number of benzene rings is 1. The molecule has 1 rings (SSSR count). The molecule has 0 unspecified atom stereocenters. The van der Waals surface area contributed by atoms with Gasteiger partial charge in [-0.1, -0.05) is 12.1 Å². The fourth-order valence-corrected chi connectivity index (χ4v) is 1.22. The van der Waals surface area contributed by atoms with Crippen LogP contribution in [0.1, 0.15) is 16.7 Å². The molecule has 0 spiro atoms. The monoisotopic (exact) mass is 164 g/mol. The molecule has 1 aromatic rings. The first kappa shape index (κ1) is 9.29. The lowest BCUT2D eigenvalue weighted by Gasteiger charge is -2.07. The average molecular weight is 164 g/mol. The molecule has 0 radical (unpaired) electrons. The van der Waals surface area contributed by atoms with Crippen molar-refractivity contribution in [1.29, 1.82) is 0 Å². The zero-order valence-electron chi connectivity index (χ0n) is 7.63. The molecule has 0 atom stereocenters. The number of hydrogen-bond donors (Lipinski definition) is 2. The molecule has 64 valence electrons. The lowest BCUT2D eigenvalue weighted by Crippen LogP contribution is -2.30. The molecule has 0 amide bonds. The van der Waals surface area contributed by atoms with E-state index in [9.17, 15) is 0 Å². The molecular weight excluding hydrogens is 151 g/mol. The van der Waals surface area contributed by atoms with E-state index in [1.54, 1.807) is 12.1 Å². The summed E-state index contributed by atoms with van der Waals surface area (Å²) in [5, 5.41) is 17.8. The quantitative estimate of drug-likeness (QED) is 0.585. The number of rotatable bonds is 1. The molecule has 0 saturated carbocycles. The maximum Gasteiger partial charge on any atom is 0.488 e. The summed E-state index contributed by atoms with van der Waals surface area (Å²) in [7, 11) is -1.36. The highest BCUT2D eigenvalue weighted by Gasteiger charge is 2.12. The summed E-state index contributed by atoms with van der Waals surface area (Å²) in [5.74, 6) is 0. The van der Waals surface area contributed by atoms with E-state index in [0.717, 1.165) is 11.1 Å². The molecule has 0 saturated heterocycles. The predicted octanol–water partition coefficient (Wildman–Crippen LogP) is 0.292. The Morgan fingerprint density at radius 1 is 1.00 bits per heavy atom. The smallest absolute Gasteiger partial charge is 0.423 e. The number of hydrogen-bond acceptors (Lipinski definition) is 2. The summed E-state index contributed by atoms with van der Waals surface area (Å²) in [6.45, 7) is 5.96. The van der Waals surface area contributed by atoms with Crippen LogP contribution in [0.15, 0.2) is 12.1 Å². The fraction of sp³-hybridized carbons (Fsp3) is 0.333. The highest BCUT2D eigenvalue weighted by atomic mass is 16.4. The lowest BCUT2D eigenvalue weighted by atomic mass is 9.78. The third kappa shape index (κ3) is 1.68. The van der Waals surface area contributed by atoms with Gasteiger partial charge in [0.2, 0.25) is 0 Å². The SMILES string of the molecule is Cc1cc(B(O)O)cc(C)c1C. The van der Waals surface area contributed by atoms with Gasteiger partial charge in [-0.3, -0.25) is 0 Å². The fourth-order valence-electron chi connectivity index (χ4n) is 1.22. The second-order valence-electron chi connectivity index (χ2n) is 3.15. The molecule has 2 N–H and O–H groups in total. The van der Waals surface area contributed by atoms with Crippen LogP contribution in [0.4, 0.5) is 0 Å². The molecule has 0 aliphatic heterocycles. The van der Waals surface area contributed by atoms with Gasteiger partial charge >= 0.3 is 7.12 Å². The summed E-state index contributed by atoms with van der Waals surface area (Å²) >= 11 is 0. The van der Waals surface area contributed by atoms with E-state index in [4.69, 9.17) is 10.0 Å². The van der Waals surface area contributed by atoms with Crippen molar-refractivity contribution in [2.45, 2.75) is 20.8 Å². The van der Waals surface area contributed by atoms with Gasteiger partial charge in [-0.05, 0) is 42.9 Å². The zero-order chi connectivity index (χ0) is 9.30. The summed E-state index contributed by atoms with van der Waals surface area (Å²) in [6, 6.07) is 3.60. The van der Waals surface area contributed by atoms with Crippen molar-refractivity contribution in [3.63, 3.8) is 0 Å². The van der Waals surface area contributed by atoms with Crippen molar-refractivity contribution in [2.24, 2.45) is 0 Å². The Hall–Kier alpha value is -0.795.